The average molecular weight is 574 g/mol. The minimum absolute atomic E-state index is 0. The maximum Gasteiger partial charge on any atom is 0.0361 e. The Balaban J connectivity index is 0.000000608. The monoisotopic (exact) mass is 573 g/mol. The van der Waals surface area contributed by atoms with E-state index >= 15 is 0 Å². The van der Waals surface area contributed by atoms with Crippen LogP contribution in [0, 0.1) is 6.07 Å². The van der Waals surface area contributed by atoms with Gasteiger partial charge in [0.05, 0.1) is 0 Å². The molecule has 0 saturated carbocycles. The number of nitrogens with one attached hydrogen (secondary N) is 1. The molecule has 1 N–H and O–H groups in total. The van der Waals surface area contributed by atoms with Crippen LogP contribution in [0.25, 0.3) is 16.9 Å². The van der Waals surface area contributed by atoms with E-state index in [0.717, 1.165) is 11.1 Å². The molecule has 0 aliphatic carbocycles. The molecule has 184 valence electrons. The second-order valence-electron chi connectivity index (χ2n) is 9.91. The number of halogens is 1. The zero-order chi connectivity index (χ0) is 23.2. The van der Waals surface area contributed by atoms with Gasteiger partial charge in [-0.25, -0.2) is 0 Å². The van der Waals surface area contributed by atoms with Crippen LogP contribution in [-0.4, -0.2) is 24.4 Å². The summed E-state index contributed by atoms with van der Waals surface area (Å²) < 4.78 is 0. The van der Waals surface area contributed by atoms with Gasteiger partial charge in [0.2, 0.25) is 0 Å². The SMILES string of the molecule is CN(C)c1ccc(P(C(C)(C)C)C(C)(C)C)cc1.[Cl-].[NH-]c1ccccc1-c1[c-]cccc1.[Pd]. The molecule has 0 bridgehead atoms. The molecular weight excluding hydrogens is 537 g/mol. The second kappa shape index (κ2) is 13.5. The molecule has 0 spiro atoms. The Bertz CT molecular complexity index is 932. The van der Waals surface area contributed by atoms with E-state index in [1.165, 1.54) is 11.0 Å². The van der Waals surface area contributed by atoms with E-state index in [4.69, 9.17) is 5.73 Å². The predicted molar refractivity (Wildman–Crippen MR) is 142 cm³/mol. The Morgan fingerprint density at radius 1 is 0.758 bits per heavy atom. The quantitative estimate of drug-likeness (QED) is 0.237. The Morgan fingerprint density at radius 3 is 1.70 bits per heavy atom. The summed E-state index contributed by atoms with van der Waals surface area (Å²) in [6.45, 7) is 14.2. The molecule has 0 heterocycles. The van der Waals surface area contributed by atoms with Gasteiger partial charge in [0.1, 0.15) is 0 Å². The molecule has 3 rings (SSSR count). The van der Waals surface area contributed by atoms with E-state index in [1.54, 1.807) is 6.07 Å². The van der Waals surface area contributed by atoms with Crippen molar-refractivity contribution in [1.29, 1.82) is 0 Å². The summed E-state index contributed by atoms with van der Waals surface area (Å²) >= 11 is 0. The number of benzene rings is 3. The Kier molecular flexibility index (Phi) is 13.0. The van der Waals surface area contributed by atoms with E-state index in [9.17, 15) is 0 Å². The van der Waals surface area contributed by atoms with Gasteiger partial charge in [-0.05, 0) is 27.7 Å². The molecule has 0 aliphatic rings. The summed E-state index contributed by atoms with van der Waals surface area (Å²) in [6.07, 6.45) is 0. The summed E-state index contributed by atoms with van der Waals surface area (Å²) in [6, 6.07) is 27.5. The minimum atomic E-state index is -0.188. The fraction of sp³-hybridized carbons (Fsp3) is 0.357. The van der Waals surface area contributed by atoms with Crippen LogP contribution in [0.3, 0.4) is 0 Å². The third kappa shape index (κ3) is 9.43. The van der Waals surface area contributed by atoms with Crippen LogP contribution in [0.1, 0.15) is 41.5 Å². The first-order valence-electron chi connectivity index (χ1n) is 10.8. The zero-order valence-corrected chi connectivity index (χ0v) is 24.2. The van der Waals surface area contributed by atoms with Gasteiger partial charge in [-0.3, -0.25) is 0 Å². The normalized spacial score (nSPS) is 10.9. The fourth-order valence-corrected chi connectivity index (χ4v) is 7.97. The number of nitrogens with zero attached hydrogens (tertiary/aromatic N) is 1. The van der Waals surface area contributed by atoms with Crippen LogP contribution in [0.15, 0.2) is 72.8 Å². The summed E-state index contributed by atoms with van der Waals surface area (Å²) in [7, 11) is 3.99. The first-order chi connectivity index (χ1) is 14.4. The summed E-state index contributed by atoms with van der Waals surface area (Å²) in [5, 5.41) is 2.19. The summed E-state index contributed by atoms with van der Waals surface area (Å²) in [5.74, 6) is 0. The molecule has 33 heavy (non-hydrogen) atoms. The molecule has 3 aromatic rings. The third-order valence-corrected chi connectivity index (χ3v) is 8.39. The van der Waals surface area contributed by atoms with Gasteiger partial charge in [0.25, 0.3) is 0 Å². The number of anilines is 1. The van der Waals surface area contributed by atoms with Crippen molar-refractivity contribution >= 4 is 24.6 Å². The number of hydrogen-bond acceptors (Lipinski definition) is 1. The largest absolute Gasteiger partial charge is 1.00 e. The smallest absolute Gasteiger partial charge is 0.0361 e. The van der Waals surface area contributed by atoms with Crippen molar-refractivity contribution < 1.29 is 32.8 Å². The Labute approximate surface area is 223 Å². The van der Waals surface area contributed by atoms with Gasteiger partial charge < -0.3 is 23.0 Å². The molecule has 5 heteroatoms. The first kappa shape index (κ1) is 31.6. The Morgan fingerprint density at radius 2 is 1.27 bits per heavy atom. The van der Waals surface area contributed by atoms with E-state index in [1.807, 2.05) is 42.5 Å². The molecule has 0 saturated heterocycles. The molecule has 0 aromatic heterocycles. The van der Waals surface area contributed by atoms with Gasteiger partial charge in [-0.15, -0.1) is 41.5 Å². The van der Waals surface area contributed by atoms with Crippen molar-refractivity contribution in [2.75, 3.05) is 19.0 Å². The van der Waals surface area contributed by atoms with E-state index in [0.29, 0.717) is 16.0 Å². The van der Waals surface area contributed by atoms with Crippen LogP contribution >= 0.6 is 7.92 Å². The molecule has 0 amide bonds. The molecule has 0 aliphatic heterocycles. The maximum absolute atomic E-state index is 7.69. The van der Waals surface area contributed by atoms with E-state index < -0.39 is 0 Å². The van der Waals surface area contributed by atoms with Crippen molar-refractivity contribution in [1.82, 2.24) is 0 Å². The maximum atomic E-state index is 7.69. The number of rotatable bonds is 3. The van der Waals surface area contributed by atoms with Crippen molar-refractivity contribution in [2.24, 2.45) is 0 Å². The molecule has 0 fully saturated rings. The minimum Gasteiger partial charge on any atom is -1.00 e. The topological polar surface area (TPSA) is 27.0 Å². The van der Waals surface area contributed by atoms with Crippen molar-refractivity contribution in [3.05, 3.63) is 84.6 Å². The van der Waals surface area contributed by atoms with Gasteiger partial charge in [-0.2, -0.15) is 5.69 Å². The van der Waals surface area contributed by atoms with Crippen LogP contribution < -0.4 is 22.6 Å². The Hall–Kier alpha value is -1.36. The first-order valence-corrected chi connectivity index (χ1v) is 12.1. The summed E-state index contributed by atoms with van der Waals surface area (Å²) in [5.41, 5.74) is 11.4. The second-order valence-corrected chi connectivity index (χ2v) is 13.8. The van der Waals surface area contributed by atoms with Crippen molar-refractivity contribution in [3.63, 3.8) is 0 Å². The van der Waals surface area contributed by atoms with Crippen LogP contribution in [0.4, 0.5) is 11.4 Å². The van der Waals surface area contributed by atoms with Crippen LogP contribution in [-0.2, 0) is 20.4 Å². The molecule has 2 nitrogen and oxygen atoms in total. The third-order valence-electron chi connectivity index (χ3n) is 4.89. The van der Waals surface area contributed by atoms with Gasteiger partial charge in [0, 0.05) is 40.2 Å². The van der Waals surface area contributed by atoms with Gasteiger partial charge in [0.15, 0.2) is 0 Å². The molecule has 0 unspecified atom stereocenters. The standard InChI is InChI=1S/C16H28NP.C12H9N.ClH.Pd/c1-15(2,3)18(16(4,5)6)14-11-9-13(10-12-14)17(7)8;13-12-9-5-4-8-11(12)10-6-2-1-3-7-10;;/h9-12H,1-8H3;1-6,8-9,13H;1H;/q;-2;;/p-1. The van der Waals surface area contributed by atoms with Crippen LogP contribution in [0.2, 0.25) is 0 Å². The van der Waals surface area contributed by atoms with Gasteiger partial charge in [-0.1, -0.05) is 85.9 Å². The molecule has 3 aromatic carbocycles. The molecule has 0 atom stereocenters. The van der Waals surface area contributed by atoms with E-state index in [-0.39, 0.29) is 40.8 Å². The number of hydrogen-bond donors (Lipinski definition) is 0. The average Bonchev–Trinajstić information content (AvgIpc) is 2.68. The van der Waals surface area contributed by atoms with Gasteiger partial charge >= 0.3 is 0 Å². The zero-order valence-electron chi connectivity index (χ0n) is 21.0. The molecule has 0 radical (unpaired) electrons. The molecular formula is C28H37ClN2PPd-3. The van der Waals surface area contributed by atoms with Crippen molar-refractivity contribution in [2.45, 2.75) is 51.9 Å². The predicted octanol–water partition coefficient (Wildman–Crippen LogP) is 5.30. The van der Waals surface area contributed by atoms with Crippen molar-refractivity contribution in [3.8, 4) is 11.1 Å². The van der Waals surface area contributed by atoms with Crippen LogP contribution in [0.5, 0.6) is 0 Å². The summed E-state index contributed by atoms with van der Waals surface area (Å²) in [4.78, 5) is 2.15. The fourth-order valence-electron chi connectivity index (χ4n) is 3.96. The van der Waals surface area contributed by atoms with E-state index in [2.05, 4.69) is 90.9 Å².